The van der Waals surface area contributed by atoms with Crippen molar-refractivity contribution in [2.24, 2.45) is 0 Å². The summed E-state index contributed by atoms with van der Waals surface area (Å²) in [5, 5.41) is 10.00. The van der Waals surface area contributed by atoms with Gasteiger partial charge in [0.1, 0.15) is 5.75 Å². The second kappa shape index (κ2) is 10.5. The number of amides is 2. The van der Waals surface area contributed by atoms with E-state index in [0.29, 0.717) is 24.3 Å². The Morgan fingerprint density at radius 2 is 1.39 bits per heavy atom. The maximum absolute atomic E-state index is 12.5. The smallest absolute Gasteiger partial charge is 0.409 e. The Morgan fingerprint density at radius 1 is 0.935 bits per heavy atom. The minimum Gasteiger partial charge on any atom is -0.415 e. The quantitative estimate of drug-likeness (QED) is 0.502. The molecule has 8 heteroatoms. The number of hydroxylamine groups is 1. The Labute approximate surface area is 187 Å². The molecule has 0 saturated carbocycles. The van der Waals surface area contributed by atoms with Crippen LogP contribution in [0.1, 0.15) is 40.5 Å². The van der Waals surface area contributed by atoms with Crippen LogP contribution < -0.4 is 15.1 Å². The predicted octanol–water partition coefficient (Wildman–Crippen LogP) is 5.13. The molecule has 7 nitrogen and oxygen atoms in total. The molecule has 1 saturated heterocycles. The fourth-order valence-electron chi connectivity index (χ4n) is 4.00. The third-order valence-electron chi connectivity index (χ3n) is 4.82. The summed E-state index contributed by atoms with van der Waals surface area (Å²) < 4.78 is 4.54. The first-order valence-electron chi connectivity index (χ1n) is 9.94. The van der Waals surface area contributed by atoms with E-state index >= 15 is 0 Å². The lowest BCUT2D eigenvalue weighted by molar-refractivity contribution is -0.0563. The summed E-state index contributed by atoms with van der Waals surface area (Å²) in [4.78, 5) is 29.8. The second-order valence-electron chi connectivity index (χ2n) is 8.50. The standard InChI is InChI=1S/C16H24N2O3.C7H5ClO2/c1-15(2)10-12(19)11-16(3,4)18(15)14(20)17-21-13-8-6-5-7-9-13;8-7(9)10-6-4-2-1-3-5-6/h5-9,12,19H,10-11H2,1-4H3,(H,17,20);1-5H. The molecule has 0 aromatic heterocycles. The molecule has 1 fully saturated rings. The fraction of sp³-hybridized carbons (Fsp3) is 0.391. The molecule has 0 bridgehead atoms. The summed E-state index contributed by atoms with van der Waals surface area (Å²) in [5.41, 5.74) is 0.808. The third-order valence-corrected chi connectivity index (χ3v) is 4.90. The molecule has 2 amide bonds. The molecule has 0 spiro atoms. The van der Waals surface area contributed by atoms with Crippen LogP contribution in [0.5, 0.6) is 11.5 Å². The van der Waals surface area contributed by atoms with Crippen LogP contribution in [0.3, 0.4) is 0 Å². The second-order valence-corrected chi connectivity index (χ2v) is 8.81. The van der Waals surface area contributed by atoms with Gasteiger partial charge in [-0.2, -0.15) is 5.48 Å². The number of carbonyl (C=O) groups is 2. The van der Waals surface area contributed by atoms with E-state index in [1.807, 2.05) is 52.0 Å². The normalized spacial score (nSPS) is 17.0. The van der Waals surface area contributed by atoms with E-state index in [1.54, 1.807) is 41.3 Å². The maximum atomic E-state index is 12.5. The molecule has 2 N–H and O–H groups in total. The largest absolute Gasteiger partial charge is 0.415 e. The van der Waals surface area contributed by atoms with Crippen LogP contribution in [0.4, 0.5) is 9.59 Å². The van der Waals surface area contributed by atoms with E-state index in [4.69, 9.17) is 16.4 Å². The Hall–Kier alpha value is -2.77. The SMILES string of the molecule is CC1(C)CC(O)CC(C)(C)N1C(=O)NOc1ccccc1.O=C(Cl)Oc1ccccc1. The highest BCUT2D eigenvalue weighted by Crippen LogP contribution is 2.38. The first kappa shape index (κ1) is 24.5. The lowest BCUT2D eigenvalue weighted by atomic mass is 9.78. The van der Waals surface area contributed by atoms with Crippen LogP contribution in [0.15, 0.2) is 60.7 Å². The van der Waals surface area contributed by atoms with Gasteiger partial charge in [0.2, 0.25) is 0 Å². The van der Waals surface area contributed by atoms with Gasteiger partial charge in [-0.3, -0.25) is 0 Å². The highest BCUT2D eigenvalue weighted by molar-refractivity contribution is 6.61. The van der Waals surface area contributed by atoms with E-state index in [2.05, 4.69) is 10.2 Å². The van der Waals surface area contributed by atoms with Gasteiger partial charge in [-0.15, -0.1) is 0 Å². The molecule has 2 aromatic rings. The number of aliphatic hydroxyl groups excluding tert-OH is 1. The van der Waals surface area contributed by atoms with Gasteiger partial charge in [-0.05, 0) is 64.8 Å². The number of para-hydroxylation sites is 2. The summed E-state index contributed by atoms with van der Waals surface area (Å²) in [6.45, 7) is 7.83. The van der Waals surface area contributed by atoms with Crippen LogP contribution in [-0.4, -0.2) is 38.6 Å². The van der Waals surface area contributed by atoms with Crippen molar-refractivity contribution in [3.63, 3.8) is 0 Å². The number of hydrogen-bond donors (Lipinski definition) is 2. The number of nitrogens with one attached hydrogen (secondary N) is 1. The van der Waals surface area contributed by atoms with Gasteiger partial charge in [0.15, 0.2) is 5.75 Å². The fourth-order valence-corrected chi connectivity index (χ4v) is 4.08. The number of aliphatic hydroxyl groups is 1. The molecule has 2 aromatic carbocycles. The number of benzene rings is 2. The first-order chi connectivity index (χ1) is 14.5. The van der Waals surface area contributed by atoms with Crippen molar-refractivity contribution in [2.75, 3.05) is 0 Å². The van der Waals surface area contributed by atoms with Crippen LogP contribution in [0.25, 0.3) is 0 Å². The van der Waals surface area contributed by atoms with Crippen molar-refractivity contribution in [1.82, 2.24) is 10.4 Å². The average Bonchev–Trinajstić information content (AvgIpc) is 2.65. The number of likely N-dealkylation sites (tertiary alicyclic amines) is 1. The molecule has 168 valence electrons. The van der Waals surface area contributed by atoms with Gasteiger partial charge in [0, 0.05) is 22.7 Å². The van der Waals surface area contributed by atoms with Crippen molar-refractivity contribution >= 4 is 23.1 Å². The summed E-state index contributed by atoms with van der Waals surface area (Å²) in [6.07, 6.45) is 0.707. The Kier molecular flexibility index (Phi) is 8.30. The van der Waals surface area contributed by atoms with Gasteiger partial charge in [-0.1, -0.05) is 36.4 Å². The molecule has 1 aliphatic heterocycles. The van der Waals surface area contributed by atoms with Gasteiger partial charge in [0.05, 0.1) is 6.10 Å². The topological polar surface area (TPSA) is 88.1 Å². The van der Waals surface area contributed by atoms with E-state index in [1.165, 1.54) is 0 Å². The summed E-state index contributed by atoms with van der Waals surface area (Å²) in [6, 6.07) is 17.5. The van der Waals surface area contributed by atoms with Gasteiger partial charge in [0.25, 0.3) is 0 Å². The minimum absolute atomic E-state index is 0.291. The zero-order valence-electron chi connectivity index (χ0n) is 18.2. The molecular formula is C23H29ClN2O5. The molecule has 3 rings (SSSR count). The molecule has 0 aliphatic carbocycles. The van der Waals surface area contributed by atoms with Crippen molar-refractivity contribution < 1.29 is 24.3 Å². The van der Waals surface area contributed by atoms with Crippen molar-refractivity contribution in [3.05, 3.63) is 60.7 Å². The maximum Gasteiger partial charge on any atom is 0.409 e. The number of carbonyl (C=O) groups excluding carboxylic acids is 2. The van der Waals surface area contributed by atoms with Crippen molar-refractivity contribution in [3.8, 4) is 11.5 Å². The zero-order chi connectivity index (χ0) is 23.1. The Balaban J connectivity index is 0.000000285. The highest BCUT2D eigenvalue weighted by Gasteiger charge is 2.47. The zero-order valence-corrected chi connectivity index (χ0v) is 18.9. The minimum atomic E-state index is -0.814. The van der Waals surface area contributed by atoms with Gasteiger partial charge >= 0.3 is 11.5 Å². The molecular weight excluding hydrogens is 420 g/mol. The highest BCUT2D eigenvalue weighted by atomic mass is 35.5. The lowest BCUT2D eigenvalue weighted by Crippen LogP contribution is -2.66. The number of urea groups is 1. The Morgan fingerprint density at radius 3 is 1.84 bits per heavy atom. The van der Waals surface area contributed by atoms with Gasteiger partial charge in [-0.25, -0.2) is 9.59 Å². The predicted molar refractivity (Wildman–Crippen MR) is 119 cm³/mol. The number of nitrogens with zero attached hydrogens (tertiary/aromatic N) is 1. The number of piperidine rings is 1. The number of rotatable bonds is 3. The summed E-state index contributed by atoms with van der Waals surface area (Å²) in [5.74, 6) is 1.04. The third kappa shape index (κ3) is 7.45. The van der Waals surface area contributed by atoms with Crippen molar-refractivity contribution in [1.29, 1.82) is 0 Å². The van der Waals surface area contributed by atoms with E-state index in [-0.39, 0.29) is 6.03 Å². The van der Waals surface area contributed by atoms with Crippen LogP contribution in [-0.2, 0) is 0 Å². The van der Waals surface area contributed by atoms with E-state index in [0.717, 1.165) is 0 Å². The Bertz CT molecular complexity index is 841. The first-order valence-corrected chi connectivity index (χ1v) is 10.3. The summed E-state index contributed by atoms with van der Waals surface area (Å²) in [7, 11) is 0. The molecule has 31 heavy (non-hydrogen) atoms. The van der Waals surface area contributed by atoms with Crippen LogP contribution in [0.2, 0.25) is 0 Å². The van der Waals surface area contributed by atoms with Crippen LogP contribution in [0, 0.1) is 0 Å². The molecule has 0 atom stereocenters. The molecule has 0 radical (unpaired) electrons. The number of hydrogen-bond acceptors (Lipinski definition) is 5. The van der Waals surface area contributed by atoms with Gasteiger partial charge < -0.3 is 19.6 Å². The molecule has 0 unspecified atom stereocenters. The summed E-state index contributed by atoms with van der Waals surface area (Å²) >= 11 is 4.95. The monoisotopic (exact) mass is 448 g/mol. The molecule has 1 heterocycles. The average molecular weight is 449 g/mol. The lowest BCUT2D eigenvalue weighted by Gasteiger charge is -2.53. The molecule has 1 aliphatic rings. The number of ether oxygens (including phenoxy) is 1. The van der Waals surface area contributed by atoms with E-state index in [9.17, 15) is 14.7 Å². The van der Waals surface area contributed by atoms with Crippen LogP contribution >= 0.6 is 11.6 Å². The van der Waals surface area contributed by atoms with Crippen molar-refractivity contribution in [2.45, 2.75) is 57.7 Å². The van der Waals surface area contributed by atoms with E-state index < -0.39 is 22.6 Å². The number of halogens is 1.